The Morgan fingerprint density at radius 3 is 2.71 bits per heavy atom. The number of pyridine rings is 1. The van der Waals surface area contributed by atoms with Crippen LogP contribution < -0.4 is 0 Å². The van der Waals surface area contributed by atoms with Gasteiger partial charge in [0.2, 0.25) is 0 Å². The van der Waals surface area contributed by atoms with E-state index in [4.69, 9.17) is 0 Å². The van der Waals surface area contributed by atoms with Crippen LogP contribution in [0.2, 0.25) is 0 Å². The summed E-state index contributed by atoms with van der Waals surface area (Å²) in [5.41, 5.74) is 0.580. The Kier molecular flexibility index (Phi) is 2.88. The molecule has 0 atom stereocenters. The molecule has 2 rings (SSSR count). The van der Waals surface area contributed by atoms with Gasteiger partial charge in [0.1, 0.15) is 0 Å². The minimum Gasteiger partial charge on any atom is -0.296 e. The zero-order valence-electron chi connectivity index (χ0n) is 8.91. The Balaban J connectivity index is 2.62. The number of hydrogen-bond acceptors (Lipinski definition) is 5. The first-order valence-corrected chi connectivity index (χ1v) is 6.20. The Labute approximate surface area is 97.4 Å². The first-order valence-electron chi connectivity index (χ1n) is 4.82. The van der Waals surface area contributed by atoms with Crippen LogP contribution in [0.15, 0.2) is 29.7 Å². The predicted octanol–water partition coefficient (Wildman–Crippen LogP) is 1.02. The lowest BCUT2D eigenvalue weighted by atomic mass is 10.3. The molecule has 0 amide bonds. The van der Waals surface area contributed by atoms with Crippen LogP contribution in [0.25, 0.3) is 11.4 Å². The third-order valence-corrected chi connectivity index (χ3v) is 2.91. The highest BCUT2D eigenvalue weighted by molar-refractivity contribution is 7.86. The number of halogens is 1. The van der Waals surface area contributed by atoms with Crippen LogP contribution in [0.5, 0.6) is 0 Å². The molecule has 8 heteroatoms. The molecule has 2 aromatic heterocycles. The van der Waals surface area contributed by atoms with Gasteiger partial charge in [0.15, 0.2) is 5.82 Å². The third kappa shape index (κ3) is 2.16. The summed E-state index contributed by atoms with van der Waals surface area (Å²) in [7, 11) is -4.86. The van der Waals surface area contributed by atoms with E-state index in [0.29, 0.717) is 5.56 Å². The molecule has 0 aliphatic carbocycles. The van der Waals surface area contributed by atoms with E-state index >= 15 is 0 Å². The van der Waals surface area contributed by atoms with Crippen LogP contribution in [-0.4, -0.2) is 28.2 Å². The second-order valence-electron chi connectivity index (χ2n) is 3.23. The van der Waals surface area contributed by atoms with Crippen LogP contribution in [-0.2, 0) is 16.8 Å². The van der Waals surface area contributed by atoms with Gasteiger partial charge in [0, 0.05) is 24.5 Å². The molecule has 2 aromatic rings. The van der Waals surface area contributed by atoms with Crippen molar-refractivity contribution in [3.63, 3.8) is 0 Å². The molecule has 0 saturated heterocycles. The Morgan fingerprint density at radius 1 is 1.41 bits per heavy atom. The summed E-state index contributed by atoms with van der Waals surface area (Å²) in [6, 6.07) is 3.37. The molecule has 0 spiro atoms. The standard InChI is InChI=1S/C9H9FN4O2S/c1-2-14-8(7-4-3-5-11-6-7)12-13-9(14)17(10,15)16/h3-6H,2H2,1H3. The Bertz CT molecular complexity index is 624. The van der Waals surface area contributed by atoms with Crippen LogP contribution in [0.3, 0.4) is 0 Å². The van der Waals surface area contributed by atoms with Gasteiger partial charge in [-0.1, -0.05) is 3.89 Å². The molecule has 0 aliphatic rings. The van der Waals surface area contributed by atoms with Gasteiger partial charge in [-0.15, -0.1) is 10.2 Å². The summed E-state index contributed by atoms with van der Waals surface area (Å²) in [6.07, 6.45) is 3.08. The monoisotopic (exact) mass is 256 g/mol. The van der Waals surface area contributed by atoms with E-state index in [-0.39, 0.29) is 12.4 Å². The van der Waals surface area contributed by atoms with Gasteiger partial charge in [-0.05, 0) is 19.1 Å². The van der Waals surface area contributed by atoms with Crippen molar-refractivity contribution in [2.45, 2.75) is 18.6 Å². The third-order valence-electron chi connectivity index (χ3n) is 2.17. The molecular weight excluding hydrogens is 247 g/mol. The fourth-order valence-corrected chi connectivity index (χ4v) is 2.08. The zero-order valence-corrected chi connectivity index (χ0v) is 9.72. The lowest BCUT2D eigenvalue weighted by Crippen LogP contribution is -2.06. The maximum absolute atomic E-state index is 12.9. The van der Waals surface area contributed by atoms with E-state index in [2.05, 4.69) is 15.2 Å². The molecule has 0 radical (unpaired) electrons. The van der Waals surface area contributed by atoms with Gasteiger partial charge in [0.25, 0.3) is 5.16 Å². The smallest absolute Gasteiger partial charge is 0.296 e. The summed E-state index contributed by atoms with van der Waals surface area (Å²) in [5.74, 6) is 0.275. The molecular formula is C9H9FN4O2S. The average molecular weight is 256 g/mol. The molecule has 17 heavy (non-hydrogen) atoms. The molecule has 0 saturated carbocycles. The number of hydrogen-bond donors (Lipinski definition) is 0. The highest BCUT2D eigenvalue weighted by atomic mass is 32.3. The minimum absolute atomic E-state index is 0.246. The maximum atomic E-state index is 12.9. The summed E-state index contributed by atoms with van der Waals surface area (Å²) >= 11 is 0. The van der Waals surface area contributed by atoms with Crippen molar-refractivity contribution < 1.29 is 12.3 Å². The van der Waals surface area contributed by atoms with Gasteiger partial charge in [-0.2, -0.15) is 8.42 Å². The second-order valence-corrected chi connectivity index (χ2v) is 4.47. The van der Waals surface area contributed by atoms with Crippen molar-refractivity contribution in [1.29, 1.82) is 0 Å². The van der Waals surface area contributed by atoms with Crippen molar-refractivity contribution >= 4 is 10.2 Å². The van der Waals surface area contributed by atoms with E-state index in [0.717, 1.165) is 0 Å². The van der Waals surface area contributed by atoms with Gasteiger partial charge >= 0.3 is 10.2 Å². The van der Waals surface area contributed by atoms with Crippen molar-refractivity contribution in [3.8, 4) is 11.4 Å². The number of nitrogens with zero attached hydrogens (tertiary/aromatic N) is 4. The van der Waals surface area contributed by atoms with E-state index < -0.39 is 15.4 Å². The molecule has 6 nitrogen and oxygen atoms in total. The van der Waals surface area contributed by atoms with Crippen molar-refractivity contribution in [2.24, 2.45) is 0 Å². The molecule has 0 aromatic carbocycles. The summed E-state index contributed by atoms with van der Waals surface area (Å²) in [6.45, 7) is 1.92. The fourth-order valence-electron chi connectivity index (χ4n) is 1.46. The first-order chi connectivity index (χ1) is 8.04. The van der Waals surface area contributed by atoms with Gasteiger partial charge in [-0.3, -0.25) is 9.55 Å². The zero-order chi connectivity index (χ0) is 12.5. The number of rotatable bonds is 3. The highest BCUT2D eigenvalue weighted by Crippen LogP contribution is 2.20. The lowest BCUT2D eigenvalue weighted by molar-refractivity contribution is 0.527. The van der Waals surface area contributed by atoms with Crippen LogP contribution >= 0.6 is 0 Å². The van der Waals surface area contributed by atoms with E-state index in [1.165, 1.54) is 10.8 Å². The van der Waals surface area contributed by atoms with E-state index in [1.807, 2.05) is 0 Å². The Hall–Kier alpha value is -1.83. The molecule has 0 aliphatic heterocycles. The SMILES string of the molecule is CCn1c(-c2cccnc2)nnc1S(=O)(=O)F. The number of aromatic nitrogens is 4. The fraction of sp³-hybridized carbons (Fsp3) is 0.222. The maximum Gasteiger partial charge on any atom is 0.368 e. The van der Waals surface area contributed by atoms with Gasteiger partial charge < -0.3 is 0 Å². The molecule has 90 valence electrons. The highest BCUT2D eigenvalue weighted by Gasteiger charge is 2.23. The van der Waals surface area contributed by atoms with Crippen LogP contribution in [0.4, 0.5) is 3.89 Å². The molecule has 0 fully saturated rings. The van der Waals surface area contributed by atoms with Crippen LogP contribution in [0.1, 0.15) is 6.92 Å². The first kappa shape index (κ1) is 11.6. The van der Waals surface area contributed by atoms with E-state index in [1.54, 1.807) is 25.3 Å². The van der Waals surface area contributed by atoms with Crippen molar-refractivity contribution in [2.75, 3.05) is 0 Å². The molecule has 2 heterocycles. The summed E-state index contributed by atoms with van der Waals surface area (Å²) in [5, 5.41) is 6.35. The minimum atomic E-state index is -4.86. The van der Waals surface area contributed by atoms with Crippen molar-refractivity contribution in [3.05, 3.63) is 24.5 Å². The lowest BCUT2D eigenvalue weighted by Gasteiger charge is -2.04. The summed E-state index contributed by atoms with van der Waals surface area (Å²) < 4.78 is 35.8. The van der Waals surface area contributed by atoms with E-state index in [9.17, 15) is 12.3 Å². The topological polar surface area (TPSA) is 77.7 Å². The Morgan fingerprint density at radius 2 is 2.18 bits per heavy atom. The predicted molar refractivity (Wildman–Crippen MR) is 57.2 cm³/mol. The quantitative estimate of drug-likeness (QED) is 0.766. The molecule has 0 unspecified atom stereocenters. The molecule has 0 N–H and O–H groups in total. The van der Waals surface area contributed by atoms with Gasteiger partial charge in [0.05, 0.1) is 0 Å². The average Bonchev–Trinajstić information content (AvgIpc) is 2.73. The summed E-state index contributed by atoms with van der Waals surface area (Å²) in [4.78, 5) is 3.88. The van der Waals surface area contributed by atoms with Crippen LogP contribution in [0, 0.1) is 0 Å². The largest absolute Gasteiger partial charge is 0.368 e. The van der Waals surface area contributed by atoms with Crippen molar-refractivity contribution in [1.82, 2.24) is 19.7 Å². The molecule has 0 bridgehead atoms. The normalized spacial score (nSPS) is 11.6. The van der Waals surface area contributed by atoms with Gasteiger partial charge in [-0.25, -0.2) is 0 Å². The second kappa shape index (κ2) is 4.21.